The average Bonchev–Trinajstić information content (AvgIpc) is 2.68. The summed E-state index contributed by atoms with van der Waals surface area (Å²) in [6, 6.07) is 7.67. The van der Waals surface area contributed by atoms with E-state index in [1.165, 1.54) is 4.57 Å². The van der Waals surface area contributed by atoms with E-state index in [9.17, 15) is 9.59 Å². The highest BCUT2D eigenvalue weighted by Gasteiger charge is 2.03. The molecule has 1 aromatic heterocycles. The van der Waals surface area contributed by atoms with Gasteiger partial charge in [0.2, 0.25) is 0 Å². The van der Waals surface area contributed by atoms with E-state index in [0.29, 0.717) is 12.8 Å². The number of hydrogen-bond donors (Lipinski definition) is 0. The van der Waals surface area contributed by atoms with Crippen LogP contribution in [0.25, 0.3) is 5.69 Å². The van der Waals surface area contributed by atoms with Gasteiger partial charge in [0.25, 0.3) is 0 Å². The highest BCUT2D eigenvalue weighted by molar-refractivity contribution is 5.50. The number of aromatic nitrogens is 2. The zero-order chi connectivity index (χ0) is 12.3. The second-order valence-corrected chi connectivity index (χ2v) is 3.94. The Labute approximate surface area is 99.1 Å². The smallest absolute Gasteiger partial charge is 0.303 e. The Bertz CT molecular complexity index is 581. The maximum absolute atomic E-state index is 11.8. The maximum atomic E-state index is 11.8. The number of carbonyl (C=O) groups excluding carboxylic acids is 1. The molecule has 0 aliphatic rings. The minimum Gasteiger partial charge on any atom is -0.303 e. The molecular formula is C13H14N2O2. The fraction of sp³-hybridized carbons (Fsp3) is 0.231. The van der Waals surface area contributed by atoms with Crippen LogP contribution in [0, 0.1) is 0 Å². The Kier molecular flexibility index (Phi) is 3.23. The molecule has 2 rings (SSSR count). The van der Waals surface area contributed by atoms with Gasteiger partial charge in [0.15, 0.2) is 0 Å². The number of rotatable bonds is 4. The maximum Gasteiger partial charge on any atom is 0.332 e. The summed E-state index contributed by atoms with van der Waals surface area (Å²) in [5.74, 6) is 0. The number of benzene rings is 1. The second-order valence-electron chi connectivity index (χ2n) is 3.94. The SMILES string of the molecule is Cn1ccn(-c2cccc(CCC=O)c2)c1=O. The summed E-state index contributed by atoms with van der Waals surface area (Å²) in [6.07, 6.45) is 5.58. The fourth-order valence-corrected chi connectivity index (χ4v) is 1.75. The predicted octanol–water partition coefficient (Wildman–Crippen LogP) is 1.31. The van der Waals surface area contributed by atoms with Gasteiger partial charge in [-0.1, -0.05) is 12.1 Å². The summed E-state index contributed by atoms with van der Waals surface area (Å²) < 4.78 is 3.11. The molecule has 4 heteroatoms. The molecule has 2 aromatic rings. The van der Waals surface area contributed by atoms with Gasteiger partial charge in [0.05, 0.1) is 5.69 Å². The lowest BCUT2D eigenvalue weighted by molar-refractivity contribution is -0.107. The van der Waals surface area contributed by atoms with Gasteiger partial charge in [-0.25, -0.2) is 4.79 Å². The largest absolute Gasteiger partial charge is 0.332 e. The summed E-state index contributed by atoms with van der Waals surface area (Å²) in [5.41, 5.74) is 1.82. The van der Waals surface area contributed by atoms with Gasteiger partial charge < -0.3 is 9.36 Å². The van der Waals surface area contributed by atoms with Crippen LogP contribution in [0.15, 0.2) is 41.5 Å². The topological polar surface area (TPSA) is 44.0 Å². The van der Waals surface area contributed by atoms with Crippen molar-refractivity contribution in [2.45, 2.75) is 12.8 Å². The Hall–Kier alpha value is -2.10. The summed E-state index contributed by atoms with van der Waals surface area (Å²) in [6.45, 7) is 0. The Balaban J connectivity index is 2.36. The molecule has 0 saturated carbocycles. The molecule has 0 amide bonds. The third kappa shape index (κ3) is 2.36. The lowest BCUT2D eigenvalue weighted by atomic mass is 10.1. The molecule has 17 heavy (non-hydrogen) atoms. The van der Waals surface area contributed by atoms with Crippen molar-refractivity contribution in [2.24, 2.45) is 7.05 Å². The van der Waals surface area contributed by atoms with Crippen LogP contribution < -0.4 is 5.69 Å². The monoisotopic (exact) mass is 230 g/mol. The molecule has 0 bridgehead atoms. The summed E-state index contributed by atoms with van der Waals surface area (Å²) in [5, 5.41) is 0. The van der Waals surface area contributed by atoms with Crippen LogP contribution in [-0.2, 0) is 18.3 Å². The summed E-state index contributed by atoms with van der Waals surface area (Å²) in [4.78, 5) is 22.1. The molecule has 1 aromatic carbocycles. The third-order valence-corrected chi connectivity index (χ3v) is 2.69. The number of aldehydes is 1. The third-order valence-electron chi connectivity index (χ3n) is 2.69. The van der Waals surface area contributed by atoms with Crippen LogP contribution in [0.5, 0.6) is 0 Å². The molecular weight excluding hydrogens is 216 g/mol. The minimum absolute atomic E-state index is 0.0717. The minimum atomic E-state index is -0.0717. The number of imidazole rings is 1. The summed E-state index contributed by atoms with van der Waals surface area (Å²) in [7, 11) is 1.72. The van der Waals surface area contributed by atoms with Crippen LogP contribution in [-0.4, -0.2) is 15.4 Å². The first-order valence-corrected chi connectivity index (χ1v) is 5.49. The van der Waals surface area contributed by atoms with Gasteiger partial charge >= 0.3 is 5.69 Å². The average molecular weight is 230 g/mol. The molecule has 0 spiro atoms. The number of hydrogen-bond acceptors (Lipinski definition) is 2. The molecule has 1 heterocycles. The molecule has 88 valence electrons. The first kappa shape index (κ1) is 11.4. The van der Waals surface area contributed by atoms with Crippen LogP contribution in [0.1, 0.15) is 12.0 Å². The van der Waals surface area contributed by atoms with Crippen molar-refractivity contribution in [2.75, 3.05) is 0 Å². The molecule has 0 aliphatic carbocycles. The molecule has 0 aliphatic heterocycles. The lowest BCUT2D eigenvalue weighted by Crippen LogP contribution is -2.20. The number of nitrogens with zero attached hydrogens (tertiary/aromatic N) is 2. The van der Waals surface area contributed by atoms with Crippen molar-refractivity contribution >= 4 is 6.29 Å². The standard InChI is InChI=1S/C13H14N2O2/c1-14-7-8-15(13(14)17)12-6-2-4-11(10-12)5-3-9-16/h2,4,6-10H,3,5H2,1H3. The van der Waals surface area contributed by atoms with Crippen molar-refractivity contribution in [1.29, 1.82) is 0 Å². The normalized spacial score (nSPS) is 10.4. The van der Waals surface area contributed by atoms with E-state index < -0.39 is 0 Å². The van der Waals surface area contributed by atoms with Gasteiger partial charge in [0.1, 0.15) is 6.29 Å². The molecule has 0 fully saturated rings. The number of carbonyl (C=O) groups is 1. The van der Waals surface area contributed by atoms with Crippen LogP contribution in [0.3, 0.4) is 0 Å². The zero-order valence-electron chi connectivity index (χ0n) is 9.67. The van der Waals surface area contributed by atoms with Gasteiger partial charge in [-0.3, -0.25) is 4.57 Å². The quantitative estimate of drug-likeness (QED) is 0.743. The zero-order valence-corrected chi connectivity index (χ0v) is 9.67. The highest BCUT2D eigenvalue weighted by Crippen LogP contribution is 2.10. The highest BCUT2D eigenvalue weighted by atomic mass is 16.1. The number of aryl methyl sites for hydroxylation is 2. The second kappa shape index (κ2) is 4.82. The van der Waals surface area contributed by atoms with Crippen molar-refractivity contribution in [3.8, 4) is 5.69 Å². The first-order valence-electron chi connectivity index (χ1n) is 5.49. The van der Waals surface area contributed by atoms with E-state index in [1.807, 2.05) is 24.3 Å². The van der Waals surface area contributed by atoms with Gasteiger partial charge in [-0.15, -0.1) is 0 Å². The van der Waals surface area contributed by atoms with Gasteiger partial charge in [-0.2, -0.15) is 0 Å². The van der Waals surface area contributed by atoms with Crippen molar-refractivity contribution in [3.05, 3.63) is 52.7 Å². The van der Waals surface area contributed by atoms with E-state index in [0.717, 1.165) is 17.5 Å². The van der Waals surface area contributed by atoms with Crippen molar-refractivity contribution < 1.29 is 4.79 Å². The van der Waals surface area contributed by atoms with Crippen molar-refractivity contribution in [3.63, 3.8) is 0 Å². The van der Waals surface area contributed by atoms with Crippen LogP contribution in [0.2, 0.25) is 0 Å². The molecule has 0 radical (unpaired) electrons. The van der Waals surface area contributed by atoms with Crippen molar-refractivity contribution in [1.82, 2.24) is 9.13 Å². The Morgan fingerprint density at radius 2 is 2.12 bits per heavy atom. The van der Waals surface area contributed by atoms with Gasteiger partial charge in [-0.05, 0) is 24.1 Å². The van der Waals surface area contributed by atoms with Gasteiger partial charge in [0, 0.05) is 25.9 Å². The molecule has 0 atom stereocenters. The molecule has 4 nitrogen and oxygen atoms in total. The van der Waals surface area contributed by atoms with Crippen LogP contribution in [0.4, 0.5) is 0 Å². The Morgan fingerprint density at radius 3 is 2.76 bits per heavy atom. The predicted molar refractivity (Wildman–Crippen MR) is 65.4 cm³/mol. The van der Waals surface area contributed by atoms with E-state index >= 15 is 0 Å². The summed E-state index contributed by atoms with van der Waals surface area (Å²) >= 11 is 0. The molecule has 0 unspecified atom stereocenters. The van der Waals surface area contributed by atoms with Crippen LogP contribution >= 0.6 is 0 Å². The first-order chi connectivity index (χ1) is 8.22. The van der Waals surface area contributed by atoms with E-state index in [1.54, 1.807) is 24.0 Å². The molecule has 0 N–H and O–H groups in total. The fourth-order valence-electron chi connectivity index (χ4n) is 1.75. The van der Waals surface area contributed by atoms with E-state index in [4.69, 9.17) is 0 Å². The van der Waals surface area contributed by atoms with E-state index in [-0.39, 0.29) is 5.69 Å². The van der Waals surface area contributed by atoms with E-state index in [2.05, 4.69) is 0 Å². The lowest BCUT2D eigenvalue weighted by Gasteiger charge is -2.04. The Morgan fingerprint density at radius 1 is 1.29 bits per heavy atom. The molecule has 0 saturated heterocycles.